The van der Waals surface area contributed by atoms with E-state index in [2.05, 4.69) is 35.7 Å². The molecule has 2 fully saturated rings. The molecule has 2 N–H and O–H groups in total. The van der Waals surface area contributed by atoms with E-state index in [-0.39, 0.29) is 69.0 Å². The molecular formula is C26H31F4N7O4. The molecule has 4 heterocycles. The van der Waals surface area contributed by atoms with Crippen LogP contribution in [0.1, 0.15) is 78.9 Å². The van der Waals surface area contributed by atoms with E-state index in [4.69, 9.17) is 4.74 Å². The maximum absolute atomic E-state index is 14.0. The molecule has 0 bridgehead atoms. The minimum atomic E-state index is -3.08. The van der Waals surface area contributed by atoms with Crippen molar-refractivity contribution in [1.29, 1.82) is 0 Å². The van der Waals surface area contributed by atoms with E-state index < -0.39 is 41.7 Å². The van der Waals surface area contributed by atoms with Crippen LogP contribution in [0.25, 0.3) is 5.65 Å². The fourth-order valence-corrected chi connectivity index (χ4v) is 5.55. The topological polar surface area (TPSA) is 137 Å². The summed E-state index contributed by atoms with van der Waals surface area (Å²) in [6, 6.07) is 0.914. The van der Waals surface area contributed by atoms with Gasteiger partial charge in [0.25, 0.3) is 11.8 Å². The Bertz CT molecular complexity index is 1400. The Morgan fingerprint density at radius 3 is 2.51 bits per heavy atom. The van der Waals surface area contributed by atoms with E-state index >= 15 is 0 Å². The molecule has 0 radical (unpaired) electrons. The van der Waals surface area contributed by atoms with Crippen molar-refractivity contribution in [1.82, 2.24) is 35.5 Å². The van der Waals surface area contributed by atoms with E-state index in [1.807, 2.05) is 0 Å². The average Bonchev–Trinajstić information content (AvgIpc) is 3.56. The predicted octanol–water partition coefficient (Wildman–Crippen LogP) is 3.54. The molecule has 5 rings (SSSR count). The Labute approximate surface area is 232 Å². The first-order valence-electron chi connectivity index (χ1n) is 13.4. The lowest BCUT2D eigenvalue weighted by Crippen LogP contribution is -2.50. The van der Waals surface area contributed by atoms with Gasteiger partial charge in [0.05, 0.1) is 36.1 Å². The number of nitrogens with zero attached hydrogens (tertiary/aromatic N) is 5. The first-order valence-corrected chi connectivity index (χ1v) is 13.4. The Balaban J connectivity index is 1.47. The summed E-state index contributed by atoms with van der Waals surface area (Å²) in [5, 5.41) is 16.9. The quantitative estimate of drug-likeness (QED) is 0.386. The molecule has 3 aromatic heterocycles. The van der Waals surface area contributed by atoms with E-state index in [0.717, 1.165) is 6.92 Å². The Kier molecular flexibility index (Phi) is 7.74. The first kappa shape index (κ1) is 28.9. The van der Waals surface area contributed by atoms with Gasteiger partial charge in [-0.05, 0) is 55.3 Å². The number of aromatic nitrogens is 5. The number of alkyl halides is 4. The third kappa shape index (κ3) is 6.19. The standard InChI is InChI=1S/C26H31F4N7O4/c1-15-20(36-41-35-15)22(38)34-21(16-3-5-26(29,30)6-4-16)18-13-37-19(33-18)11-17(12-32-37)25(7-9-40-10-8-25)23(39)31-14-24(2,27)28/h11-13,16,21H,3-10,14H2,1-2H3,(H,31,39)(H,34,38)/t21-/m0/s1. The van der Waals surface area contributed by atoms with Gasteiger partial charge in [-0.25, -0.2) is 31.7 Å². The molecule has 222 valence electrons. The zero-order valence-corrected chi connectivity index (χ0v) is 22.6. The molecule has 1 aliphatic heterocycles. The molecular weight excluding hydrogens is 550 g/mol. The highest BCUT2D eigenvalue weighted by atomic mass is 19.3. The van der Waals surface area contributed by atoms with Crippen molar-refractivity contribution >= 4 is 17.5 Å². The summed E-state index contributed by atoms with van der Waals surface area (Å²) in [5.74, 6) is -7.32. The molecule has 0 spiro atoms. The zero-order chi connectivity index (χ0) is 29.4. The van der Waals surface area contributed by atoms with Crippen LogP contribution >= 0.6 is 0 Å². The van der Waals surface area contributed by atoms with Crippen LogP contribution < -0.4 is 10.6 Å². The van der Waals surface area contributed by atoms with Crippen molar-refractivity contribution in [2.24, 2.45) is 5.92 Å². The number of carbonyl (C=O) groups excluding carboxylic acids is 2. The molecule has 11 nitrogen and oxygen atoms in total. The summed E-state index contributed by atoms with van der Waals surface area (Å²) in [5.41, 5.74) is 0.332. The number of nitrogens with one attached hydrogen (secondary N) is 2. The smallest absolute Gasteiger partial charge is 0.276 e. The molecule has 41 heavy (non-hydrogen) atoms. The number of ether oxygens (including phenoxy) is 1. The lowest BCUT2D eigenvalue weighted by molar-refractivity contribution is -0.132. The summed E-state index contributed by atoms with van der Waals surface area (Å²) in [7, 11) is 0. The van der Waals surface area contributed by atoms with Crippen LogP contribution in [0, 0.1) is 12.8 Å². The fraction of sp³-hybridized carbons (Fsp3) is 0.615. The molecule has 15 heteroatoms. The second-order valence-electron chi connectivity index (χ2n) is 11.0. The summed E-state index contributed by atoms with van der Waals surface area (Å²) >= 11 is 0. The monoisotopic (exact) mass is 581 g/mol. The van der Waals surface area contributed by atoms with Gasteiger partial charge in [-0.3, -0.25) is 9.59 Å². The van der Waals surface area contributed by atoms with Crippen molar-refractivity contribution in [3.63, 3.8) is 0 Å². The van der Waals surface area contributed by atoms with Crippen LogP contribution in [0.5, 0.6) is 0 Å². The van der Waals surface area contributed by atoms with Gasteiger partial charge >= 0.3 is 0 Å². The van der Waals surface area contributed by atoms with Crippen molar-refractivity contribution < 1.29 is 36.5 Å². The third-order valence-corrected chi connectivity index (χ3v) is 7.94. The van der Waals surface area contributed by atoms with Gasteiger partial charge in [0, 0.05) is 33.0 Å². The summed E-state index contributed by atoms with van der Waals surface area (Å²) in [4.78, 5) is 30.9. The number of fused-ring (bicyclic) bond motifs is 1. The van der Waals surface area contributed by atoms with Gasteiger partial charge in [0.2, 0.25) is 11.8 Å². The van der Waals surface area contributed by atoms with E-state index in [0.29, 0.717) is 16.9 Å². The summed E-state index contributed by atoms with van der Waals surface area (Å²) in [6.07, 6.45) is 3.30. The summed E-state index contributed by atoms with van der Waals surface area (Å²) < 4.78 is 66.5. The minimum absolute atomic E-state index is 0.0227. The number of aryl methyl sites for hydroxylation is 1. The second-order valence-corrected chi connectivity index (χ2v) is 11.0. The SMILES string of the molecule is Cc1nonc1C(=O)N[C@H](c1cn2ncc(C3(C(=O)NCC(C)(F)F)CCOCC3)cc2n1)C1CCC(F)(F)CC1. The highest BCUT2D eigenvalue weighted by molar-refractivity contribution is 5.93. The number of imidazole rings is 1. The van der Waals surface area contributed by atoms with Crippen LogP contribution in [0.15, 0.2) is 23.1 Å². The van der Waals surface area contributed by atoms with E-state index in [1.54, 1.807) is 19.2 Å². The predicted molar refractivity (Wildman–Crippen MR) is 134 cm³/mol. The maximum atomic E-state index is 14.0. The van der Waals surface area contributed by atoms with Crippen LogP contribution in [-0.4, -0.2) is 68.3 Å². The van der Waals surface area contributed by atoms with Crippen molar-refractivity contribution in [2.75, 3.05) is 19.8 Å². The molecule has 1 saturated heterocycles. The minimum Gasteiger partial charge on any atom is -0.381 e. The van der Waals surface area contributed by atoms with E-state index in [1.165, 1.54) is 10.7 Å². The van der Waals surface area contributed by atoms with Gasteiger partial charge in [0.1, 0.15) is 5.69 Å². The number of hydrogen-bond acceptors (Lipinski definition) is 8. The van der Waals surface area contributed by atoms with Crippen molar-refractivity contribution in [2.45, 2.75) is 75.7 Å². The molecule has 1 saturated carbocycles. The third-order valence-electron chi connectivity index (χ3n) is 7.94. The largest absolute Gasteiger partial charge is 0.381 e. The Hall–Kier alpha value is -3.62. The van der Waals surface area contributed by atoms with Crippen LogP contribution in [0.4, 0.5) is 17.6 Å². The highest BCUT2D eigenvalue weighted by Crippen LogP contribution is 2.42. The number of hydrogen-bond donors (Lipinski definition) is 2. The molecule has 2 amide bonds. The van der Waals surface area contributed by atoms with Crippen molar-refractivity contribution in [3.05, 3.63) is 41.1 Å². The lowest BCUT2D eigenvalue weighted by Gasteiger charge is -2.36. The molecule has 3 aromatic rings. The van der Waals surface area contributed by atoms with Gasteiger partial charge in [0.15, 0.2) is 11.3 Å². The number of rotatable bonds is 8. The highest BCUT2D eigenvalue weighted by Gasteiger charge is 2.44. The number of carbonyl (C=O) groups is 2. The maximum Gasteiger partial charge on any atom is 0.276 e. The lowest BCUT2D eigenvalue weighted by atomic mass is 9.74. The number of halogens is 4. The first-order chi connectivity index (χ1) is 19.4. The average molecular weight is 582 g/mol. The Morgan fingerprint density at radius 2 is 1.88 bits per heavy atom. The van der Waals surface area contributed by atoms with Crippen molar-refractivity contribution in [3.8, 4) is 0 Å². The molecule has 2 aliphatic rings. The zero-order valence-electron chi connectivity index (χ0n) is 22.6. The molecule has 0 unspecified atom stereocenters. The normalized spacial score (nSPS) is 20.0. The molecule has 1 aliphatic carbocycles. The van der Waals surface area contributed by atoms with E-state index in [9.17, 15) is 27.2 Å². The molecule has 0 aromatic carbocycles. The Morgan fingerprint density at radius 1 is 1.17 bits per heavy atom. The van der Waals surface area contributed by atoms with Gasteiger partial charge in [-0.1, -0.05) is 5.16 Å². The summed E-state index contributed by atoms with van der Waals surface area (Å²) in [6.45, 7) is 2.00. The molecule has 1 atom stereocenters. The van der Waals surface area contributed by atoms with Crippen LogP contribution in [0.2, 0.25) is 0 Å². The fourth-order valence-electron chi connectivity index (χ4n) is 5.55. The van der Waals surface area contributed by atoms with Crippen LogP contribution in [-0.2, 0) is 14.9 Å². The number of amides is 2. The van der Waals surface area contributed by atoms with Crippen LogP contribution in [0.3, 0.4) is 0 Å². The van der Waals surface area contributed by atoms with Gasteiger partial charge in [-0.15, -0.1) is 0 Å². The van der Waals surface area contributed by atoms with Gasteiger partial charge in [-0.2, -0.15) is 5.10 Å². The second kappa shape index (κ2) is 11.0. The van der Waals surface area contributed by atoms with Gasteiger partial charge < -0.3 is 15.4 Å².